The van der Waals surface area contributed by atoms with Crippen molar-refractivity contribution in [2.24, 2.45) is 5.10 Å². The molecule has 2 amide bonds. The minimum absolute atomic E-state index is 0.0716. The average molecular weight is 376 g/mol. The van der Waals surface area contributed by atoms with Gasteiger partial charge >= 0.3 is 0 Å². The summed E-state index contributed by atoms with van der Waals surface area (Å²) < 4.78 is 0. The number of hydrogen-bond acceptors (Lipinski definition) is 5. The number of rotatable bonds is 6. The molecule has 3 rings (SSSR count). The molecule has 0 heterocycles. The second kappa shape index (κ2) is 8.54. The highest BCUT2D eigenvalue weighted by atomic mass is 16.6. The molecule has 2 N–H and O–H groups in total. The van der Waals surface area contributed by atoms with Gasteiger partial charge in [0.25, 0.3) is 17.5 Å². The third-order valence-corrected chi connectivity index (χ3v) is 3.93. The Bertz CT molecular complexity index is 1070. The fraction of sp³-hybridized carbons (Fsp3) is 0.0500. The summed E-state index contributed by atoms with van der Waals surface area (Å²) in [5, 5.41) is 18.8. The highest BCUT2D eigenvalue weighted by Crippen LogP contribution is 2.18. The number of carbonyl (C=O) groups is 2. The molecule has 3 aromatic carbocycles. The largest absolute Gasteiger partial charge is 0.343 e. The lowest BCUT2D eigenvalue weighted by Crippen LogP contribution is -2.35. The summed E-state index contributed by atoms with van der Waals surface area (Å²) in [4.78, 5) is 34.4. The lowest BCUT2D eigenvalue weighted by atomic mass is 10.0. The van der Waals surface area contributed by atoms with E-state index in [0.29, 0.717) is 11.1 Å². The van der Waals surface area contributed by atoms with Crippen LogP contribution in [0, 0.1) is 10.1 Å². The van der Waals surface area contributed by atoms with Crippen molar-refractivity contribution in [3.63, 3.8) is 0 Å². The van der Waals surface area contributed by atoms with Gasteiger partial charge < -0.3 is 5.32 Å². The molecule has 28 heavy (non-hydrogen) atoms. The third-order valence-electron chi connectivity index (χ3n) is 3.93. The summed E-state index contributed by atoms with van der Waals surface area (Å²) in [5.41, 5.74) is 3.14. The molecule has 8 heteroatoms. The predicted molar refractivity (Wildman–Crippen MR) is 105 cm³/mol. The second-order valence-corrected chi connectivity index (χ2v) is 5.85. The zero-order valence-corrected chi connectivity index (χ0v) is 14.7. The first-order chi connectivity index (χ1) is 13.5. The second-order valence-electron chi connectivity index (χ2n) is 5.85. The Hall–Kier alpha value is -4.07. The van der Waals surface area contributed by atoms with E-state index in [1.165, 1.54) is 24.4 Å². The summed E-state index contributed by atoms with van der Waals surface area (Å²) in [7, 11) is 0. The molecular weight excluding hydrogens is 360 g/mol. The molecule has 0 fully saturated rings. The molecule has 0 aliphatic carbocycles. The maximum Gasteiger partial charge on any atom is 0.270 e. The van der Waals surface area contributed by atoms with E-state index in [-0.39, 0.29) is 18.1 Å². The van der Waals surface area contributed by atoms with Gasteiger partial charge in [0.1, 0.15) is 0 Å². The minimum Gasteiger partial charge on any atom is -0.343 e. The topological polar surface area (TPSA) is 114 Å². The Labute approximate surface area is 160 Å². The molecule has 0 saturated carbocycles. The molecule has 0 aliphatic heterocycles. The van der Waals surface area contributed by atoms with E-state index in [0.717, 1.165) is 10.8 Å². The number of fused-ring (bicyclic) bond motifs is 1. The van der Waals surface area contributed by atoms with Crippen molar-refractivity contribution < 1.29 is 14.5 Å². The lowest BCUT2D eigenvalue weighted by molar-refractivity contribution is -0.384. The van der Waals surface area contributed by atoms with Crippen molar-refractivity contribution in [3.8, 4) is 0 Å². The molecule has 3 aromatic rings. The number of nitrogens with one attached hydrogen (secondary N) is 2. The molecule has 0 spiro atoms. The van der Waals surface area contributed by atoms with Gasteiger partial charge in [-0.2, -0.15) is 5.10 Å². The van der Waals surface area contributed by atoms with E-state index in [4.69, 9.17) is 0 Å². The van der Waals surface area contributed by atoms with Crippen LogP contribution >= 0.6 is 0 Å². The highest BCUT2D eigenvalue weighted by molar-refractivity contribution is 6.07. The van der Waals surface area contributed by atoms with Gasteiger partial charge in [0.2, 0.25) is 0 Å². The molecule has 0 bridgehead atoms. The molecular formula is C20H16N4O4. The highest BCUT2D eigenvalue weighted by Gasteiger charge is 2.11. The number of carbonyl (C=O) groups excluding carboxylic acids is 2. The van der Waals surface area contributed by atoms with Crippen molar-refractivity contribution in [2.75, 3.05) is 6.54 Å². The molecule has 0 radical (unpaired) electrons. The van der Waals surface area contributed by atoms with Crippen LogP contribution in [0.15, 0.2) is 71.8 Å². The first-order valence-electron chi connectivity index (χ1n) is 8.37. The number of nitrogens with zero attached hydrogens (tertiary/aromatic N) is 2. The Morgan fingerprint density at radius 3 is 2.61 bits per heavy atom. The molecule has 0 unspecified atom stereocenters. The van der Waals surface area contributed by atoms with Gasteiger partial charge in [0.05, 0.1) is 17.7 Å². The van der Waals surface area contributed by atoms with E-state index >= 15 is 0 Å². The third kappa shape index (κ3) is 4.55. The van der Waals surface area contributed by atoms with Crippen LogP contribution in [-0.2, 0) is 4.79 Å². The summed E-state index contributed by atoms with van der Waals surface area (Å²) in [6.07, 6.45) is 1.29. The Balaban J connectivity index is 1.56. The molecule has 0 aromatic heterocycles. The van der Waals surface area contributed by atoms with Crippen LogP contribution in [0.1, 0.15) is 15.9 Å². The average Bonchev–Trinajstić information content (AvgIpc) is 2.71. The van der Waals surface area contributed by atoms with Gasteiger partial charge in [-0.3, -0.25) is 19.7 Å². The van der Waals surface area contributed by atoms with Crippen LogP contribution in [-0.4, -0.2) is 29.5 Å². The van der Waals surface area contributed by atoms with Gasteiger partial charge in [-0.1, -0.05) is 48.5 Å². The molecule has 8 nitrogen and oxygen atoms in total. The van der Waals surface area contributed by atoms with Crippen molar-refractivity contribution >= 4 is 34.5 Å². The van der Waals surface area contributed by atoms with Gasteiger partial charge in [-0.05, 0) is 16.8 Å². The van der Waals surface area contributed by atoms with Crippen molar-refractivity contribution in [2.45, 2.75) is 0 Å². The Kier molecular flexibility index (Phi) is 5.71. The van der Waals surface area contributed by atoms with Crippen molar-refractivity contribution in [3.05, 3.63) is 88.0 Å². The summed E-state index contributed by atoms with van der Waals surface area (Å²) in [6, 6.07) is 18.7. The quantitative estimate of drug-likeness (QED) is 0.391. The number of nitro benzene ring substituents is 1. The number of non-ortho nitro benzene ring substituents is 1. The Morgan fingerprint density at radius 1 is 1.04 bits per heavy atom. The van der Waals surface area contributed by atoms with Gasteiger partial charge in [0, 0.05) is 23.3 Å². The molecule has 0 atom stereocenters. The first-order valence-corrected chi connectivity index (χ1v) is 8.37. The van der Waals surface area contributed by atoms with Gasteiger partial charge in [-0.15, -0.1) is 0 Å². The van der Waals surface area contributed by atoms with Gasteiger partial charge in [0.15, 0.2) is 0 Å². The zero-order valence-electron chi connectivity index (χ0n) is 14.7. The van der Waals surface area contributed by atoms with E-state index in [2.05, 4.69) is 15.8 Å². The van der Waals surface area contributed by atoms with E-state index in [9.17, 15) is 19.7 Å². The first kappa shape index (κ1) is 18.7. The molecule has 0 saturated heterocycles. The number of amides is 2. The Morgan fingerprint density at radius 2 is 1.79 bits per heavy atom. The summed E-state index contributed by atoms with van der Waals surface area (Å²) >= 11 is 0. The zero-order chi connectivity index (χ0) is 19.9. The van der Waals surface area contributed by atoms with E-state index < -0.39 is 10.8 Å². The molecule has 140 valence electrons. The fourth-order valence-corrected chi connectivity index (χ4v) is 2.62. The summed E-state index contributed by atoms with van der Waals surface area (Å²) in [5.74, 6) is -0.884. The normalized spacial score (nSPS) is 10.7. The fourth-order valence-electron chi connectivity index (χ4n) is 2.62. The van der Waals surface area contributed by atoms with Crippen LogP contribution in [0.4, 0.5) is 5.69 Å². The maximum atomic E-state index is 12.4. The maximum absolute atomic E-state index is 12.4. The number of nitro groups is 1. The SMILES string of the molecule is O=C(CNC(=O)c1cccc2ccccc12)N/N=C/c1cccc([N+](=O)[O-])c1. The van der Waals surface area contributed by atoms with Crippen LogP contribution in [0.25, 0.3) is 10.8 Å². The van der Waals surface area contributed by atoms with Crippen LogP contribution in [0.3, 0.4) is 0 Å². The predicted octanol–water partition coefficient (Wildman–Crippen LogP) is 2.63. The van der Waals surface area contributed by atoms with E-state index in [1.54, 1.807) is 18.2 Å². The number of hydrogen-bond donors (Lipinski definition) is 2. The smallest absolute Gasteiger partial charge is 0.270 e. The number of hydrazone groups is 1. The van der Waals surface area contributed by atoms with E-state index in [1.807, 2.05) is 30.3 Å². The number of benzene rings is 3. The van der Waals surface area contributed by atoms with Gasteiger partial charge in [-0.25, -0.2) is 5.43 Å². The monoisotopic (exact) mass is 376 g/mol. The van der Waals surface area contributed by atoms with Crippen LogP contribution < -0.4 is 10.7 Å². The van der Waals surface area contributed by atoms with Crippen LogP contribution in [0.5, 0.6) is 0 Å². The van der Waals surface area contributed by atoms with Crippen LogP contribution in [0.2, 0.25) is 0 Å². The minimum atomic E-state index is -0.518. The van der Waals surface area contributed by atoms with Crippen molar-refractivity contribution in [1.29, 1.82) is 0 Å². The lowest BCUT2D eigenvalue weighted by Gasteiger charge is -2.07. The standard InChI is InChI=1S/C20H16N4O4/c25-19(23-22-12-14-5-3-8-16(11-14)24(27)28)13-21-20(26)18-10-4-7-15-6-1-2-9-17(15)18/h1-12H,13H2,(H,21,26)(H,23,25)/b22-12+. The summed E-state index contributed by atoms with van der Waals surface area (Å²) in [6.45, 7) is -0.256. The molecule has 0 aliphatic rings. The van der Waals surface area contributed by atoms with Crippen molar-refractivity contribution in [1.82, 2.24) is 10.7 Å².